The maximum absolute atomic E-state index is 12.5. The molecule has 3 fully saturated rings. The average molecular weight is 645 g/mol. The van der Waals surface area contributed by atoms with Crippen LogP contribution in [0, 0.1) is 0 Å². The van der Waals surface area contributed by atoms with Crippen LogP contribution in [0.4, 0.5) is 0 Å². The number of ether oxygens (including phenoxy) is 3. The van der Waals surface area contributed by atoms with Gasteiger partial charge in [-0.1, -0.05) is 27.0 Å². The highest BCUT2D eigenvalue weighted by Gasteiger charge is 2.75. The molecule has 0 radical (unpaired) electrons. The van der Waals surface area contributed by atoms with Crippen molar-refractivity contribution >= 4 is 18.4 Å². The molecular weight excluding hydrogens is 604 g/mol. The zero-order chi connectivity index (χ0) is 31.1. The number of piperidine rings is 2. The molecule has 11 nitrogen and oxygen atoms in total. The van der Waals surface area contributed by atoms with Gasteiger partial charge in [-0.25, -0.2) is 0 Å². The second-order valence-electron chi connectivity index (χ2n) is 13.4. The number of aliphatic hydroxyl groups is 1. The summed E-state index contributed by atoms with van der Waals surface area (Å²) in [6, 6.07) is 7.27. The Morgan fingerprint density at radius 1 is 0.830 bits per heavy atom. The predicted molar refractivity (Wildman–Crippen MR) is 170 cm³/mol. The smallest absolute Gasteiger partial charge is 0.196 e. The third-order valence-corrected chi connectivity index (χ3v) is 12.1. The van der Waals surface area contributed by atoms with Crippen LogP contribution >= 0.6 is 0 Å². The Labute approximate surface area is 272 Å². The molecule has 2 aromatic carbocycles. The number of benzene rings is 2. The summed E-state index contributed by atoms with van der Waals surface area (Å²) in [6.07, 6.45) is 8.33. The molecule has 2 aromatic rings. The van der Waals surface area contributed by atoms with Gasteiger partial charge in [0.05, 0.1) is 10.8 Å². The third-order valence-electron chi connectivity index (χ3n) is 12.1. The lowest BCUT2D eigenvalue weighted by Crippen LogP contribution is -2.74. The molecule has 5 heterocycles. The molecule has 4 aliphatic carbocycles. The number of hydrogen-bond acceptors (Lipinski definition) is 11. The Kier molecular flexibility index (Phi) is 6.71. The SMILES string of the molecule is C.C.C=O.O=C1C=C[C@@]2(O)[C@H]3Cc4ccc(O)c5c4[C@@]2(CCN3)[C@H]1O5.O=C1C=C[C@]23OCN4CC[C@@]25c2c(ccc(O)c2O[C@@H]15)C[C@@H]43. The molecule has 3 spiro atoms. The van der Waals surface area contributed by atoms with Crippen molar-refractivity contribution in [3.63, 3.8) is 0 Å². The molecular formula is C36H40N2O9. The van der Waals surface area contributed by atoms with Crippen molar-refractivity contribution in [2.24, 2.45) is 0 Å². The van der Waals surface area contributed by atoms with Crippen LogP contribution in [0.2, 0.25) is 0 Å². The fourth-order valence-corrected chi connectivity index (χ4v) is 10.4. The fraction of sp³-hybridized carbons (Fsp3) is 0.472. The Morgan fingerprint density at radius 2 is 1.43 bits per heavy atom. The molecule has 47 heavy (non-hydrogen) atoms. The number of carbonyl (C=O) groups excluding carboxylic acids is 3. The van der Waals surface area contributed by atoms with Crippen LogP contribution < -0.4 is 14.8 Å². The first-order chi connectivity index (χ1) is 21.7. The highest BCUT2D eigenvalue weighted by Crippen LogP contribution is 2.66. The van der Waals surface area contributed by atoms with Crippen molar-refractivity contribution in [2.45, 2.75) is 86.9 Å². The molecule has 3 saturated heterocycles. The summed E-state index contributed by atoms with van der Waals surface area (Å²) in [6.45, 7) is 4.23. The number of aromatic hydroxyl groups is 2. The van der Waals surface area contributed by atoms with E-state index in [1.54, 1.807) is 24.3 Å². The molecule has 0 aromatic heterocycles. The number of phenolic OH excluding ortho intramolecular Hbond substituents is 2. The lowest BCUT2D eigenvalue weighted by atomic mass is 9.51. The van der Waals surface area contributed by atoms with Gasteiger partial charge in [0.2, 0.25) is 0 Å². The minimum Gasteiger partial charge on any atom is -0.504 e. The van der Waals surface area contributed by atoms with Crippen LogP contribution in [-0.4, -0.2) is 93.9 Å². The van der Waals surface area contributed by atoms with Gasteiger partial charge in [-0.05, 0) is 79.8 Å². The average Bonchev–Trinajstić information content (AvgIpc) is 3.66. The molecule has 6 bridgehead atoms. The van der Waals surface area contributed by atoms with Gasteiger partial charge in [-0.2, -0.15) is 0 Å². The van der Waals surface area contributed by atoms with Crippen molar-refractivity contribution < 1.29 is 43.9 Å². The Bertz CT molecular complexity index is 1790. The third kappa shape index (κ3) is 3.28. The molecule has 0 amide bonds. The van der Waals surface area contributed by atoms with E-state index in [2.05, 4.69) is 10.2 Å². The van der Waals surface area contributed by atoms with Crippen LogP contribution in [0.1, 0.15) is 49.9 Å². The molecule has 5 aliphatic heterocycles. The van der Waals surface area contributed by atoms with Crippen LogP contribution in [0.25, 0.3) is 0 Å². The van der Waals surface area contributed by atoms with Crippen molar-refractivity contribution in [3.05, 3.63) is 70.8 Å². The van der Waals surface area contributed by atoms with Gasteiger partial charge in [0.25, 0.3) is 0 Å². The number of rotatable bonds is 0. The summed E-state index contributed by atoms with van der Waals surface area (Å²) in [5.41, 5.74) is 1.23. The van der Waals surface area contributed by atoms with E-state index >= 15 is 0 Å². The first kappa shape index (κ1) is 31.6. The first-order valence-electron chi connectivity index (χ1n) is 15.4. The second kappa shape index (κ2) is 9.99. The molecule has 1 unspecified atom stereocenters. The monoisotopic (exact) mass is 644 g/mol. The lowest BCUT2D eigenvalue weighted by molar-refractivity contribution is -0.139. The molecule has 248 valence electrons. The summed E-state index contributed by atoms with van der Waals surface area (Å²) in [4.78, 5) is 35.3. The zero-order valence-electron chi connectivity index (χ0n) is 24.3. The largest absolute Gasteiger partial charge is 0.504 e. The number of ketones is 2. The van der Waals surface area contributed by atoms with Crippen LogP contribution in [-0.2, 0) is 42.8 Å². The minimum absolute atomic E-state index is 0. The quantitative estimate of drug-likeness (QED) is 0.334. The normalized spacial score (nSPS) is 40.1. The maximum Gasteiger partial charge on any atom is 0.196 e. The van der Waals surface area contributed by atoms with Crippen molar-refractivity contribution in [1.82, 2.24) is 10.2 Å². The van der Waals surface area contributed by atoms with Crippen molar-refractivity contribution in [3.8, 4) is 23.0 Å². The minimum atomic E-state index is -1.14. The van der Waals surface area contributed by atoms with Gasteiger partial charge in [-0.3, -0.25) is 14.5 Å². The number of carbonyl (C=O) groups is 3. The van der Waals surface area contributed by atoms with Gasteiger partial charge in [0.15, 0.2) is 46.8 Å². The Balaban J connectivity index is 0.000000137. The number of phenols is 2. The predicted octanol–water partition coefficient (Wildman–Crippen LogP) is 2.15. The molecule has 4 N–H and O–H groups in total. The summed E-state index contributed by atoms with van der Waals surface area (Å²) >= 11 is 0. The topological polar surface area (TPSA) is 155 Å². The van der Waals surface area contributed by atoms with Gasteiger partial charge in [-0.15, -0.1) is 0 Å². The van der Waals surface area contributed by atoms with Gasteiger partial charge in [0.1, 0.15) is 24.7 Å². The molecule has 0 saturated carbocycles. The highest BCUT2D eigenvalue weighted by atomic mass is 16.5. The molecule has 11 rings (SSSR count). The Morgan fingerprint density at radius 3 is 2.11 bits per heavy atom. The van der Waals surface area contributed by atoms with Crippen LogP contribution in [0.15, 0.2) is 48.6 Å². The zero-order valence-corrected chi connectivity index (χ0v) is 24.3. The lowest BCUT2D eigenvalue weighted by Gasteiger charge is -2.57. The summed E-state index contributed by atoms with van der Waals surface area (Å²) in [7, 11) is 0. The number of hydrogen-bond donors (Lipinski definition) is 4. The van der Waals surface area contributed by atoms with E-state index in [1.165, 1.54) is 11.6 Å². The van der Waals surface area contributed by atoms with E-state index in [9.17, 15) is 24.9 Å². The van der Waals surface area contributed by atoms with E-state index < -0.39 is 34.2 Å². The molecule has 9 aliphatic rings. The van der Waals surface area contributed by atoms with E-state index in [1.807, 2.05) is 25.0 Å². The summed E-state index contributed by atoms with van der Waals surface area (Å²) in [5.74, 6) is 0.907. The van der Waals surface area contributed by atoms with E-state index in [-0.39, 0.29) is 50.0 Å². The number of nitrogens with zero attached hydrogens (tertiary/aromatic N) is 1. The molecule has 11 heteroatoms. The van der Waals surface area contributed by atoms with Crippen molar-refractivity contribution in [2.75, 3.05) is 19.8 Å². The van der Waals surface area contributed by atoms with Crippen LogP contribution in [0.5, 0.6) is 23.0 Å². The van der Waals surface area contributed by atoms with E-state index in [0.717, 1.165) is 42.6 Å². The Hall–Kier alpha value is -4.03. The van der Waals surface area contributed by atoms with E-state index in [0.29, 0.717) is 31.1 Å². The summed E-state index contributed by atoms with van der Waals surface area (Å²) < 4.78 is 18.2. The molecule has 9 atom stereocenters. The van der Waals surface area contributed by atoms with Gasteiger partial charge >= 0.3 is 0 Å². The van der Waals surface area contributed by atoms with Crippen molar-refractivity contribution in [1.29, 1.82) is 0 Å². The van der Waals surface area contributed by atoms with E-state index in [4.69, 9.17) is 19.0 Å². The number of nitrogens with one attached hydrogen (secondary N) is 1. The van der Waals surface area contributed by atoms with Crippen LogP contribution in [0.3, 0.4) is 0 Å². The standard InChI is InChI=1S/C17H15NO4.C16H15NO4.CH2O.2CH4/c19-10-2-1-9-7-12-17-4-3-11(20)15-16(17,13(9)14(10)22-15)5-6-18(12)8-21-17;18-9-2-1-8-7-11-16(20)4-3-10(19)14-15(16,5-6-17-11)12(8)13(9)21-14;1-2;;/h1-4,12,15,19H,5-8H2;1-4,11,14,17-18,20H,5-7H2;1H2;2*1H4/t12-,15+,16+,17-;11-,14+,15+,16-;;;/m11.../s1. The second-order valence-corrected chi connectivity index (χ2v) is 13.4. The summed E-state index contributed by atoms with van der Waals surface area (Å²) in [5, 5.41) is 35.1. The maximum atomic E-state index is 12.5. The highest BCUT2D eigenvalue weighted by molar-refractivity contribution is 5.99. The fourth-order valence-electron chi connectivity index (χ4n) is 10.4. The first-order valence-corrected chi connectivity index (χ1v) is 15.4. The van der Waals surface area contributed by atoms with Gasteiger partial charge < -0.3 is 39.6 Å². The van der Waals surface area contributed by atoms with Gasteiger partial charge in [0, 0.05) is 29.8 Å².